The normalized spacial score (nSPS) is 24.9. The number of hydrogen-bond donors (Lipinski definition) is 3. The van der Waals surface area contributed by atoms with E-state index in [1.807, 2.05) is 6.92 Å². The summed E-state index contributed by atoms with van der Waals surface area (Å²) in [6, 6.07) is 9.38. The van der Waals surface area contributed by atoms with E-state index in [0.29, 0.717) is 24.9 Å². The smallest absolute Gasteiger partial charge is 0.332 e. The molecule has 0 radical (unpaired) electrons. The fourth-order valence-corrected chi connectivity index (χ4v) is 4.70. The van der Waals surface area contributed by atoms with Crippen molar-refractivity contribution in [1.82, 2.24) is 5.32 Å². The summed E-state index contributed by atoms with van der Waals surface area (Å²) in [5.41, 5.74) is -0.918. The molecule has 0 spiro atoms. The van der Waals surface area contributed by atoms with Gasteiger partial charge in [0.2, 0.25) is 5.91 Å². The van der Waals surface area contributed by atoms with E-state index < -0.39 is 23.3 Å². The van der Waals surface area contributed by atoms with Crippen LogP contribution in [0.1, 0.15) is 31.7 Å². The molecule has 0 aromatic heterocycles. The Morgan fingerprint density at radius 2 is 1.61 bits per heavy atom. The number of nitrogens with one attached hydrogen (secondary N) is 3. The molecule has 3 aliphatic carbocycles. The molecule has 5 nitrogen and oxygen atoms in total. The molecule has 0 heterocycles. The fourth-order valence-electron chi connectivity index (χ4n) is 4.70. The molecule has 3 amide bonds. The summed E-state index contributed by atoms with van der Waals surface area (Å²) in [5.74, 6) is -0.858. The van der Waals surface area contributed by atoms with Crippen molar-refractivity contribution in [3.8, 4) is 0 Å². The molecule has 2 aromatic carbocycles. The lowest BCUT2D eigenvalue weighted by Gasteiger charge is -2.72. The van der Waals surface area contributed by atoms with Crippen LogP contribution < -0.4 is 16.0 Å². The van der Waals surface area contributed by atoms with Gasteiger partial charge in [-0.2, -0.15) is 13.2 Å². The zero-order valence-corrected chi connectivity index (χ0v) is 16.6. The second-order valence-electron chi connectivity index (χ2n) is 8.55. The van der Waals surface area contributed by atoms with Crippen molar-refractivity contribution in [2.24, 2.45) is 11.3 Å². The van der Waals surface area contributed by atoms with Crippen LogP contribution in [0.25, 0.3) is 0 Å². The Hall–Kier alpha value is -3.10. The highest BCUT2D eigenvalue weighted by Gasteiger charge is 2.71. The highest BCUT2D eigenvalue weighted by molar-refractivity contribution is 5.94. The van der Waals surface area contributed by atoms with Gasteiger partial charge in [-0.05, 0) is 67.1 Å². The first-order chi connectivity index (χ1) is 14.5. The second-order valence-corrected chi connectivity index (χ2v) is 8.55. The van der Waals surface area contributed by atoms with Crippen LogP contribution in [0.3, 0.4) is 0 Å². The molecule has 9 heteroatoms. The minimum Gasteiger partial charge on any atom is -0.332 e. The lowest BCUT2D eigenvalue weighted by Crippen LogP contribution is -2.77. The van der Waals surface area contributed by atoms with Crippen molar-refractivity contribution >= 4 is 23.3 Å². The van der Waals surface area contributed by atoms with E-state index >= 15 is 0 Å². The molecular formula is C22H21F4N3O2. The van der Waals surface area contributed by atoms with Gasteiger partial charge < -0.3 is 16.0 Å². The zero-order valence-electron chi connectivity index (χ0n) is 16.6. The Bertz CT molecular complexity index is 1000. The summed E-state index contributed by atoms with van der Waals surface area (Å²) in [4.78, 5) is 24.8. The summed E-state index contributed by atoms with van der Waals surface area (Å²) < 4.78 is 51.4. The molecule has 1 atom stereocenters. The standard InChI is InChI=1S/C22H21F4N3O2/c1-13(18(30)27-16-7-5-15(23)6-8-16)20-10-21(11-20,12-20)29-19(31)28-17-4-2-3-14(9-17)22(24,25)26/h2-9,13H,10-12H2,1H3,(H,27,30)(H2,28,29,31)/t13-,20?,21?/m1/s1. The Kier molecular flexibility index (Phi) is 4.94. The molecule has 5 rings (SSSR count). The Labute approximate surface area is 176 Å². The van der Waals surface area contributed by atoms with Crippen molar-refractivity contribution in [2.75, 3.05) is 10.6 Å². The number of urea groups is 1. The lowest BCUT2D eigenvalue weighted by atomic mass is 9.36. The number of hydrogen-bond acceptors (Lipinski definition) is 2. The predicted octanol–water partition coefficient (Wildman–Crippen LogP) is 5.16. The van der Waals surface area contributed by atoms with Gasteiger partial charge in [-0.3, -0.25) is 4.79 Å². The largest absolute Gasteiger partial charge is 0.416 e. The predicted molar refractivity (Wildman–Crippen MR) is 107 cm³/mol. The lowest BCUT2D eigenvalue weighted by molar-refractivity contribution is -0.183. The maximum Gasteiger partial charge on any atom is 0.416 e. The summed E-state index contributed by atoms with van der Waals surface area (Å²) in [6.45, 7) is 1.82. The Balaban J connectivity index is 1.29. The number of carbonyl (C=O) groups excluding carboxylic acids is 2. The molecule has 0 saturated heterocycles. The van der Waals surface area contributed by atoms with Gasteiger partial charge in [0.25, 0.3) is 0 Å². The van der Waals surface area contributed by atoms with Crippen LogP contribution in [-0.2, 0) is 11.0 Å². The zero-order chi connectivity index (χ0) is 22.4. The van der Waals surface area contributed by atoms with Gasteiger partial charge in [-0.15, -0.1) is 0 Å². The number of rotatable bonds is 5. The quantitative estimate of drug-likeness (QED) is 0.568. The first kappa shape index (κ1) is 21.1. The maximum absolute atomic E-state index is 13.0. The Morgan fingerprint density at radius 1 is 0.968 bits per heavy atom. The number of amides is 3. The second kappa shape index (κ2) is 7.25. The van der Waals surface area contributed by atoms with Gasteiger partial charge in [-0.1, -0.05) is 13.0 Å². The number of carbonyl (C=O) groups is 2. The highest BCUT2D eigenvalue weighted by Crippen LogP contribution is 2.70. The molecule has 2 aromatic rings. The van der Waals surface area contributed by atoms with E-state index in [0.717, 1.165) is 12.1 Å². The van der Waals surface area contributed by atoms with Crippen LogP contribution in [0.4, 0.5) is 33.7 Å². The van der Waals surface area contributed by atoms with Gasteiger partial charge in [0.05, 0.1) is 5.56 Å². The van der Waals surface area contributed by atoms with Gasteiger partial charge in [0.15, 0.2) is 0 Å². The Morgan fingerprint density at radius 3 is 2.23 bits per heavy atom. The molecule has 31 heavy (non-hydrogen) atoms. The van der Waals surface area contributed by atoms with Crippen LogP contribution >= 0.6 is 0 Å². The van der Waals surface area contributed by atoms with Crippen molar-refractivity contribution in [3.63, 3.8) is 0 Å². The van der Waals surface area contributed by atoms with Gasteiger partial charge in [0, 0.05) is 22.8 Å². The number of halogens is 4. The molecule has 3 fully saturated rings. The van der Waals surface area contributed by atoms with E-state index in [9.17, 15) is 27.2 Å². The first-order valence-corrected chi connectivity index (χ1v) is 9.83. The molecule has 0 aliphatic heterocycles. The summed E-state index contributed by atoms with van der Waals surface area (Å²) in [7, 11) is 0. The van der Waals surface area contributed by atoms with Crippen LogP contribution in [-0.4, -0.2) is 17.5 Å². The van der Waals surface area contributed by atoms with Crippen LogP contribution in [0.2, 0.25) is 0 Å². The van der Waals surface area contributed by atoms with Crippen molar-refractivity contribution in [2.45, 2.75) is 37.9 Å². The van der Waals surface area contributed by atoms with Gasteiger partial charge in [0.1, 0.15) is 5.82 Å². The van der Waals surface area contributed by atoms with Crippen molar-refractivity contribution in [3.05, 3.63) is 59.9 Å². The monoisotopic (exact) mass is 435 g/mol. The third-order valence-electron chi connectivity index (χ3n) is 6.32. The highest BCUT2D eigenvalue weighted by atomic mass is 19.4. The molecule has 3 aliphatic rings. The van der Waals surface area contributed by atoms with E-state index in [4.69, 9.17) is 0 Å². The molecular weight excluding hydrogens is 414 g/mol. The third kappa shape index (κ3) is 4.08. The van der Waals surface area contributed by atoms with E-state index in [-0.39, 0.29) is 28.7 Å². The molecule has 164 valence electrons. The fraction of sp³-hybridized carbons (Fsp3) is 0.364. The van der Waals surface area contributed by atoms with Crippen molar-refractivity contribution < 1.29 is 27.2 Å². The number of anilines is 2. The number of benzene rings is 2. The van der Waals surface area contributed by atoms with Gasteiger partial charge in [-0.25, -0.2) is 9.18 Å². The molecule has 3 N–H and O–H groups in total. The summed E-state index contributed by atoms with van der Waals surface area (Å²) in [6.07, 6.45) is -2.63. The van der Waals surface area contributed by atoms with Crippen LogP contribution in [0, 0.1) is 17.2 Å². The summed E-state index contributed by atoms with van der Waals surface area (Å²) >= 11 is 0. The van der Waals surface area contributed by atoms with Crippen LogP contribution in [0.15, 0.2) is 48.5 Å². The van der Waals surface area contributed by atoms with Gasteiger partial charge >= 0.3 is 12.2 Å². The maximum atomic E-state index is 13.0. The average molecular weight is 435 g/mol. The minimum absolute atomic E-state index is 0.0562. The third-order valence-corrected chi connectivity index (χ3v) is 6.32. The molecule has 3 saturated carbocycles. The molecule has 2 bridgehead atoms. The topological polar surface area (TPSA) is 70.2 Å². The van der Waals surface area contributed by atoms with Crippen molar-refractivity contribution in [1.29, 1.82) is 0 Å². The average Bonchev–Trinajstić information content (AvgIpc) is 2.64. The van der Waals surface area contributed by atoms with E-state index in [1.54, 1.807) is 0 Å². The minimum atomic E-state index is -4.49. The molecule has 0 unspecified atom stereocenters. The van der Waals surface area contributed by atoms with E-state index in [1.165, 1.54) is 36.4 Å². The summed E-state index contributed by atoms with van der Waals surface area (Å²) in [5, 5.41) is 8.05. The number of alkyl halides is 3. The SMILES string of the molecule is C[C@H](C(=O)Nc1ccc(F)cc1)C12CC(NC(=O)Nc3cccc(C(F)(F)F)c3)(C1)C2. The van der Waals surface area contributed by atoms with Crippen LogP contribution in [0.5, 0.6) is 0 Å². The van der Waals surface area contributed by atoms with E-state index in [2.05, 4.69) is 16.0 Å². The first-order valence-electron chi connectivity index (χ1n) is 9.83.